The van der Waals surface area contributed by atoms with E-state index in [0.29, 0.717) is 6.42 Å². The van der Waals surface area contributed by atoms with Crippen LogP contribution in [0.4, 0.5) is 0 Å². The number of hydrogen-bond donors (Lipinski definition) is 2. The molecule has 1 amide bonds. The summed E-state index contributed by atoms with van der Waals surface area (Å²) >= 11 is 0. The average Bonchev–Trinajstić information content (AvgIpc) is 2.98. The van der Waals surface area contributed by atoms with Crippen LogP contribution in [0.2, 0.25) is 0 Å². The van der Waals surface area contributed by atoms with Gasteiger partial charge in [0, 0.05) is 19.5 Å². The first-order chi connectivity index (χ1) is 20.3. The van der Waals surface area contributed by atoms with Crippen LogP contribution < -0.4 is 10.6 Å². The Balaban J connectivity index is 3.14. The van der Waals surface area contributed by atoms with Crippen molar-refractivity contribution in [2.24, 2.45) is 0 Å². The number of carbonyl (C=O) groups excluding carboxylic acids is 1. The Kier molecular flexibility index (Phi) is 36.9. The predicted molar refractivity (Wildman–Crippen MR) is 185 cm³/mol. The Morgan fingerprint density at radius 2 is 0.634 bits per heavy atom. The van der Waals surface area contributed by atoms with E-state index in [4.69, 9.17) is 0 Å². The molecule has 0 aromatic heterocycles. The quantitative estimate of drug-likeness (QED) is 0.0726. The lowest BCUT2D eigenvalue weighted by Crippen LogP contribution is -2.32. The first kappa shape index (κ1) is 40.4. The first-order valence-electron chi connectivity index (χ1n) is 19.3. The Morgan fingerprint density at radius 1 is 0.341 bits per heavy atom. The van der Waals surface area contributed by atoms with Gasteiger partial charge in [-0.3, -0.25) is 4.79 Å². The van der Waals surface area contributed by atoms with Gasteiger partial charge in [-0.05, 0) is 19.4 Å². The molecular formula is C38H78N2O. The number of nitrogens with one attached hydrogen (secondary N) is 2. The summed E-state index contributed by atoms with van der Waals surface area (Å²) in [6.45, 7) is 7.36. The minimum Gasteiger partial charge on any atom is -0.355 e. The molecular weight excluding hydrogens is 500 g/mol. The second-order valence-corrected chi connectivity index (χ2v) is 13.1. The molecule has 0 saturated carbocycles. The average molecular weight is 579 g/mol. The van der Waals surface area contributed by atoms with Crippen molar-refractivity contribution >= 4 is 5.91 Å². The second kappa shape index (κ2) is 37.5. The zero-order chi connectivity index (χ0) is 29.7. The third kappa shape index (κ3) is 37.4. The molecule has 0 aliphatic heterocycles. The van der Waals surface area contributed by atoms with E-state index < -0.39 is 0 Å². The molecule has 0 aromatic rings. The van der Waals surface area contributed by atoms with E-state index in [2.05, 4.69) is 24.5 Å². The van der Waals surface area contributed by atoms with Gasteiger partial charge in [0.1, 0.15) is 0 Å². The van der Waals surface area contributed by atoms with Crippen molar-refractivity contribution < 1.29 is 4.79 Å². The van der Waals surface area contributed by atoms with Gasteiger partial charge < -0.3 is 10.6 Å². The number of hydrogen-bond acceptors (Lipinski definition) is 2. The van der Waals surface area contributed by atoms with Crippen LogP contribution in [0.5, 0.6) is 0 Å². The summed E-state index contributed by atoms with van der Waals surface area (Å²) in [5.74, 6) is 0.240. The standard InChI is InChI=1S/C38H78N2O/c1-3-5-7-9-11-13-15-17-19-21-23-25-27-29-31-33-35-39-36-37-40-38(41)34-32-30-28-26-24-22-20-18-16-14-12-10-8-6-4-2/h39H,3-37H2,1-2H3,(H,40,41). The molecule has 3 heteroatoms. The third-order valence-electron chi connectivity index (χ3n) is 8.84. The summed E-state index contributed by atoms with van der Waals surface area (Å²) in [5, 5.41) is 6.59. The van der Waals surface area contributed by atoms with Crippen molar-refractivity contribution in [2.45, 2.75) is 219 Å². The lowest BCUT2D eigenvalue weighted by Gasteiger charge is -2.07. The fourth-order valence-corrected chi connectivity index (χ4v) is 5.96. The van der Waals surface area contributed by atoms with Crippen molar-refractivity contribution in [3.8, 4) is 0 Å². The van der Waals surface area contributed by atoms with Crippen molar-refractivity contribution in [1.82, 2.24) is 10.6 Å². The van der Waals surface area contributed by atoms with E-state index in [-0.39, 0.29) is 5.91 Å². The van der Waals surface area contributed by atoms with Crippen molar-refractivity contribution in [3.05, 3.63) is 0 Å². The van der Waals surface area contributed by atoms with Gasteiger partial charge in [-0.15, -0.1) is 0 Å². The zero-order valence-corrected chi connectivity index (χ0v) is 28.7. The Bertz CT molecular complexity index is 481. The minimum absolute atomic E-state index is 0.240. The molecule has 0 aliphatic rings. The summed E-state index contributed by atoms with van der Waals surface area (Å²) in [4.78, 5) is 12.0. The maximum atomic E-state index is 12.0. The highest BCUT2D eigenvalue weighted by molar-refractivity contribution is 5.75. The molecule has 0 aliphatic carbocycles. The predicted octanol–water partition coefficient (Wildman–Crippen LogP) is 12.2. The van der Waals surface area contributed by atoms with E-state index in [1.807, 2.05) is 0 Å². The van der Waals surface area contributed by atoms with Gasteiger partial charge in [0.25, 0.3) is 0 Å². The number of unbranched alkanes of at least 4 members (excludes halogenated alkanes) is 29. The van der Waals surface area contributed by atoms with Crippen LogP contribution >= 0.6 is 0 Å². The summed E-state index contributed by atoms with van der Waals surface area (Å²) < 4.78 is 0. The van der Waals surface area contributed by atoms with Crippen LogP contribution in [0.3, 0.4) is 0 Å². The van der Waals surface area contributed by atoms with Crippen molar-refractivity contribution in [2.75, 3.05) is 19.6 Å². The fraction of sp³-hybridized carbons (Fsp3) is 0.974. The molecule has 0 aromatic carbocycles. The van der Waals surface area contributed by atoms with E-state index in [0.717, 1.165) is 26.1 Å². The van der Waals surface area contributed by atoms with E-state index in [9.17, 15) is 4.79 Å². The second-order valence-electron chi connectivity index (χ2n) is 13.1. The molecule has 0 spiro atoms. The Labute approximate surface area is 260 Å². The van der Waals surface area contributed by atoms with Crippen LogP contribution in [0.15, 0.2) is 0 Å². The highest BCUT2D eigenvalue weighted by Gasteiger charge is 2.01. The number of rotatable bonds is 36. The molecule has 0 rings (SSSR count). The van der Waals surface area contributed by atoms with Crippen LogP contribution in [0.25, 0.3) is 0 Å². The normalized spacial score (nSPS) is 11.4. The minimum atomic E-state index is 0.240. The van der Waals surface area contributed by atoms with Crippen molar-refractivity contribution in [3.63, 3.8) is 0 Å². The van der Waals surface area contributed by atoms with Gasteiger partial charge in [-0.2, -0.15) is 0 Å². The largest absolute Gasteiger partial charge is 0.355 e. The first-order valence-corrected chi connectivity index (χ1v) is 19.3. The summed E-state index contributed by atoms with van der Waals surface area (Å²) in [6.07, 6.45) is 44.0. The van der Waals surface area contributed by atoms with Gasteiger partial charge in [0.15, 0.2) is 0 Å². The summed E-state index contributed by atoms with van der Waals surface area (Å²) in [6, 6.07) is 0. The molecule has 0 fully saturated rings. The molecule has 3 nitrogen and oxygen atoms in total. The summed E-state index contributed by atoms with van der Waals surface area (Å²) in [5.41, 5.74) is 0. The van der Waals surface area contributed by atoms with Gasteiger partial charge >= 0.3 is 0 Å². The highest BCUT2D eigenvalue weighted by Crippen LogP contribution is 2.15. The molecule has 0 unspecified atom stereocenters. The maximum absolute atomic E-state index is 12.0. The van der Waals surface area contributed by atoms with Gasteiger partial charge in [-0.1, -0.05) is 200 Å². The zero-order valence-electron chi connectivity index (χ0n) is 28.7. The molecule has 0 bridgehead atoms. The Hall–Kier alpha value is -0.570. The summed E-state index contributed by atoms with van der Waals surface area (Å²) in [7, 11) is 0. The molecule has 0 radical (unpaired) electrons. The molecule has 246 valence electrons. The number of amides is 1. The molecule has 0 saturated heterocycles. The molecule has 2 N–H and O–H groups in total. The number of carbonyl (C=O) groups is 1. The van der Waals surface area contributed by atoms with E-state index in [1.165, 1.54) is 193 Å². The maximum Gasteiger partial charge on any atom is 0.220 e. The smallest absolute Gasteiger partial charge is 0.220 e. The SMILES string of the molecule is CCCCCCCCCCCCCCCCCCNCCNC(=O)CCCCCCCCCCCCCCCCC. The highest BCUT2D eigenvalue weighted by atomic mass is 16.1. The third-order valence-corrected chi connectivity index (χ3v) is 8.84. The van der Waals surface area contributed by atoms with Crippen LogP contribution in [-0.4, -0.2) is 25.5 Å². The van der Waals surface area contributed by atoms with Gasteiger partial charge in [0.2, 0.25) is 5.91 Å². The van der Waals surface area contributed by atoms with E-state index >= 15 is 0 Å². The van der Waals surface area contributed by atoms with Gasteiger partial charge in [0.05, 0.1) is 0 Å². The Morgan fingerprint density at radius 3 is 0.976 bits per heavy atom. The molecule has 41 heavy (non-hydrogen) atoms. The molecule has 0 heterocycles. The van der Waals surface area contributed by atoms with Crippen LogP contribution in [0, 0.1) is 0 Å². The van der Waals surface area contributed by atoms with Crippen molar-refractivity contribution in [1.29, 1.82) is 0 Å². The topological polar surface area (TPSA) is 41.1 Å². The monoisotopic (exact) mass is 579 g/mol. The molecule has 0 atom stereocenters. The van der Waals surface area contributed by atoms with Crippen LogP contribution in [0.1, 0.15) is 219 Å². The fourth-order valence-electron chi connectivity index (χ4n) is 5.96. The van der Waals surface area contributed by atoms with Crippen LogP contribution in [-0.2, 0) is 4.79 Å². The van der Waals surface area contributed by atoms with E-state index in [1.54, 1.807) is 0 Å². The lowest BCUT2D eigenvalue weighted by molar-refractivity contribution is -0.121. The van der Waals surface area contributed by atoms with Gasteiger partial charge in [-0.25, -0.2) is 0 Å². The lowest BCUT2D eigenvalue weighted by atomic mass is 10.0.